The van der Waals surface area contributed by atoms with E-state index in [4.69, 9.17) is 0 Å². The molecule has 0 aliphatic heterocycles. The predicted molar refractivity (Wildman–Crippen MR) is 88.7 cm³/mol. The van der Waals surface area contributed by atoms with Gasteiger partial charge in [0.15, 0.2) is 0 Å². The lowest BCUT2D eigenvalue weighted by Gasteiger charge is -2.19. The molecule has 1 heterocycles. The molecule has 21 heavy (non-hydrogen) atoms. The van der Waals surface area contributed by atoms with Gasteiger partial charge in [0.2, 0.25) is 0 Å². The fourth-order valence-corrected chi connectivity index (χ4v) is 3.27. The van der Waals surface area contributed by atoms with Crippen molar-refractivity contribution in [1.29, 1.82) is 0 Å². The molecule has 2 aromatic rings. The first kappa shape index (κ1) is 15.9. The van der Waals surface area contributed by atoms with Gasteiger partial charge >= 0.3 is 0 Å². The number of nitrogens with zero attached hydrogens (tertiary/aromatic N) is 2. The van der Waals surface area contributed by atoms with Gasteiger partial charge in [0.05, 0.1) is 11.0 Å². The summed E-state index contributed by atoms with van der Waals surface area (Å²) in [4.78, 5) is 20.9. The van der Waals surface area contributed by atoms with Crippen LogP contribution >= 0.6 is 15.9 Å². The largest absolute Gasteiger partial charge is 0.351 e. The van der Waals surface area contributed by atoms with E-state index in [2.05, 4.69) is 45.1 Å². The van der Waals surface area contributed by atoms with Crippen molar-refractivity contribution in [2.75, 3.05) is 6.54 Å². The Morgan fingerprint density at radius 3 is 2.52 bits per heavy atom. The lowest BCUT2D eigenvalue weighted by Crippen LogP contribution is -2.32. The number of carbonyl (C=O) groups is 1. The van der Waals surface area contributed by atoms with E-state index in [0.29, 0.717) is 22.9 Å². The van der Waals surface area contributed by atoms with Crippen LogP contribution in [0.15, 0.2) is 30.6 Å². The van der Waals surface area contributed by atoms with E-state index in [9.17, 15) is 4.79 Å². The second-order valence-corrected chi connectivity index (χ2v) is 6.24. The zero-order valence-corrected chi connectivity index (χ0v) is 13.9. The Labute approximate surface area is 133 Å². The zero-order chi connectivity index (χ0) is 15.2. The van der Waals surface area contributed by atoms with Gasteiger partial charge in [-0.3, -0.25) is 14.8 Å². The summed E-state index contributed by atoms with van der Waals surface area (Å²) in [5.41, 5.74) is 2.15. The van der Waals surface area contributed by atoms with Crippen LogP contribution in [-0.2, 0) is 0 Å². The number of aromatic nitrogens is 2. The first-order valence-electron chi connectivity index (χ1n) is 7.28. The molecular formula is C16H20BrN3O. The SMILES string of the molecule is CCC(CC)C(Br)CNC(=O)c1ccc2nccnc2c1. The normalized spacial score (nSPS) is 12.6. The number of nitrogens with one attached hydrogen (secondary N) is 1. The summed E-state index contributed by atoms with van der Waals surface area (Å²) in [6.07, 6.45) is 5.49. The monoisotopic (exact) mass is 349 g/mol. The van der Waals surface area contributed by atoms with Crippen molar-refractivity contribution in [3.63, 3.8) is 0 Å². The molecule has 2 rings (SSSR count). The highest BCUT2D eigenvalue weighted by Gasteiger charge is 2.16. The van der Waals surface area contributed by atoms with Gasteiger partial charge in [-0.15, -0.1) is 0 Å². The van der Waals surface area contributed by atoms with Gasteiger partial charge in [0.25, 0.3) is 5.91 Å². The molecule has 5 heteroatoms. The highest BCUT2D eigenvalue weighted by molar-refractivity contribution is 9.09. The molecule has 0 bridgehead atoms. The fraction of sp³-hybridized carbons (Fsp3) is 0.438. The Morgan fingerprint density at radius 1 is 1.19 bits per heavy atom. The maximum absolute atomic E-state index is 12.2. The van der Waals surface area contributed by atoms with Crippen LogP contribution in [0.2, 0.25) is 0 Å². The Bertz CT molecular complexity index is 613. The standard InChI is InChI=1S/C16H20BrN3O/c1-3-11(4-2)13(17)10-20-16(21)12-5-6-14-15(9-12)19-8-7-18-14/h5-9,11,13H,3-4,10H2,1-2H3,(H,20,21). The summed E-state index contributed by atoms with van der Waals surface area (Å²) < 4.78 is 0. The number of benzene rings is 1. The Balaban J connectivity index is 2.02. The Morgan fingerprint density at radius 2 is 1.86 bits per heavy atom. The predicted octanol–water partition coefficient (Wildman–Crippen LogP) is 3.56. The first-order valence-corrected chi connectivity index (χ1v) is 8.20. The fourth-order valence-electron chi connectivity index (χ4n) is 2.36. The van der Waals surface area contributed by atoms with Crippen molar-refractivity contribution in [2.24, 2.45) is 5.92 Å². The summed E-state index contributed by atoms with van der Waals surface area (Å²) >= 11 is 3.67. The maximum Gasteiger partial charge on any atom is 0.251 e. The van der Waals surface area contributed by atoms with Gasteiger partial charge in [0, 0.05) is 29.3 Å². The van der Waals surface area contributed by atoms with Gasteiger partial charge in [0.1, 0.15) is 0 Å². The Hall–Kier alpha value is -1.49. The molecule has 1 N–H and O–H groups in total. The molecule has 1 aromatic heterocycles. The summed E-state index contributed by atoms with van der Waals surface area (Å²) in [5.74, 6) is 0.505. The summed E-state index contributed by atoms with van der Waals surface area (Å²) in [7, 11) is 0. The van der Waals surface area contributed by atoms with Crippen LogP contribution < -0.4 is 5.32 Å². The number of rotatable bonds is 6. The molecule has 0 fully saturated rings. The van der Waals surface area contributed by atoms with Gasteiger partial charge in [-0.25, -0.2) is 0 Å². The summed E-state index contributed by atoms with van der Waals surface area (Å²) in [6.45, 7) is 4.97. The first-order chi connectivity index (χ1) is 10.2. The minimum absolute atomic E-state index is 0.0713. The van der Waals surface area contributed by atoms with Crippen molar-refractivity contribution in [3.05, 3.63) is 36.2 Å². The highest BCUT2D eigenvalue weighted by Crippen LogP contribution is 2.19. The van der Waals surface area contributed by atoms with E-state index in [1.54, 1.807) is 24.5 Å². The molecule has 112 valence electrons. The van der Waals surface area contributed by atoms with Gasteiger partial charge < -0.3 is 5.32 Å². The van der Waals surface area contributed by atoms with Gasteiger partial charge in [-0.05, 0) is 24.1 Å². The van der Waals surface area contributed by atoms with Crippen LogP contribution in [-0.4, -0.2) is 27.2 Å². The molecule has 1 aromatic carbocycles. The van der Waals surface area contributed by atoms with Crippen LogP contribution in [0.4, 0.5) is 0 Å². The maximum atomic E-state index is 12.2. The molecule has 1 atom stereocenters. The van der Waals surface area contributed by atoms with Crippen molar-refractivity contribution in [1.82, 2.24) is 15.3 Å². The summed E-state index contributed by atoms with van der Waals surface area (Å²) in [6, 6.07) is 5.38. The van der Waals surface area contributed by atoms with E-state index in [1.165, 1.54) is 0 Å². The van der Waals surface area contributed by atoms with Crippen molar-refractivity contribution in [2.45, 2.75) is 31.5 Å². The number of amides is 1. The van der Waals surface area contributed by atoms with Crippen molar-refractivity contribution >= 4 is 32.9 Å². The average molecular weight is 350 g/mol. The third-order valence-corrected chi connectivity index (χ3v) is 4.82. The molecule has 0 spiro atoms. The molecule has 0 saturated carbocycles. The molecule has 0 aliphatic rings. The summed E-state index contributed by atoms with van der Waals surface area (Å²) in [5, 5.41) is 2.98. The molecule has 0 aliphatic carbocycles. The second kappa shape index (κ2) is 7.50. The van der Waals surface area contributed by atoms with E-state index in [0.717, 1.165) is 23.9 Å². The quantitative estimate of drug-likeness (QED) is 0.811. The van der Waals surface area contributed by atoms with Crippen LogP contribution in [0.3, 0.4) is 0 Å². The topological polar surface area (TPSA) is 54.9 Å². The number of hydrogen-bond donors (Lipinski definition) is 1. The van der Waals surface area contributed by atoms with E-state index < -0.39 is 0 Å². The molecule has 0 radical (unpaired) electrons. The van der Waals surface area contributed by atoms with Crippen molar-refractivity contribution in [3.8, 4) is 0 Å². The lowest BCUT2D eigenvalue weighted by atomic mass is 9.99. The van der Waals surface area contributed by atoms with Crippen LogP contribution in [0, 0.1) is 5.92 Å². The van der Waals surface area contributed by atoms with Gasteiger partial charge in [-0.1, -0.05) is 42.6 Å². The second-order valence-electron chi connectivity index (χ2n) is 5.06. The number of alkyl halides is 1. The number of carbonyl (C=O) groups excluding carboxylic acids is 1. The Kier molecular flexibility index (Phi) is 5.67. The van der Waals surface area contributed by atoms with Crippen molar-refractivity contribution < 1.29 is 4.79 Å². The zero-order valence-electron chi connectivity index (χ0n) is 12.3. The number of hydrogen-bond acceptors (Lipinski definition) is 3. The number of halogens is 1. The lowest BCUT2D eigenvalue weighted by molar-refractivity contribution is 0.0952. The molecule has 4 nitrogen and oxygen atoms in total. The highest BCUT2D eigenvalue weighted by atomic mass is 79.9. The van der Waals surface area contributed by atoms with E-state index in [-0.39, 0.29) is 5.91 Å². The number of fused-ring (bicyclic) bond motifs is 1. The molecular weight excluding hydrogens is 330 g/mol. The van der Waals surface area contributed by atoms with Gasteiger partial charge in [-0.2, -0.15) is 0 Å². The average Bonchev–Trinajstić information content (AvgIpc) is 2.53. The third kappa shape index (κ3) is 4.00. The van der Waals surface area contributed by atoms with Crippen LogP contribution in [0.5, 0.6) is 0 Å². The third-order valence-electron chi connectivity index (χ3n) is 3.75. The van der Waals surface area contributed by atoms with Crippen LogP contribution in [0.25, 0.3) is 11.0 Å². The van der Waals surface area contributed by atoms with E-state index in [1.807, 2.05) is 6.07 Å². The van der Waals surface area contributed by atoms with E-state index >= 15 is 0 Å². The minimum Gasteiger partial charge on any atom is -0.351 e. The molecule has 0 saturated heterocycles. The smallest absolute Gasteiger partial charge is 0.251 e. The van der Waals surface area contributed by atoms with Crippen LogP contribution in [0.1, 0.15) is 37.0 Å². The minimum atomic E-state index is -0.0713. The molecule has 1 unspecified atom stereocenters. The molecule has 1 amide bonds.